The minimum Gasteiger partial charge on any atom is -0.299 e. The smallest absolute Gasteiger partial charge is 0.264 e. The molecule has 1 heterocycles. The lowest BCUT2D eigenvalue weighted by molar-refractivity contribution is 0.0981. The number of likely N-dealkylation sites (tertiary alicyclic amines) is 1. The van der Waals surface area contributed by atoms with E-state index in [4.69, 9.17) is 0 Å². The van der Waals surface area contributed by atoms with E-state index in [1.165, 1.54) is 31.2 Å². The topological polar surface area (TPSA) is 66.5 Å². The molecule has 1 N–H and O–H groups in total. The summed E-state index contributed by atoms with van der Waals surface area (Å²) in [6, 6.07) is 18.2. The highest BCUT2D eigenvalue weighted by atomic mass is 32.2. The van der Waals surface area contributed by atoms with E-state index in [9.17, 15) is 13.2 Å². The molecule has 1 saturated heterocycles. The van der Waals surface area contributed by atoms with E-state index < -0.39 is 21.2 Å². The van der Waals surface area contributed by atoms with E-state index in [1.807, 2.05) is 12.1 Å². The van der Waals surface area contributed by atoms with Crippen LogP contribution in [0.25, 0.3) is 0 Å². The third kappa shape index (κ3) is 5.78. The zero-order chi connectivity index (χ0) is 22.7. The van der Waals surface area contributed by atoms with Crippen LogP contribution in [-0.2, 0) is 16.6 Å². The van der Waals surface area contributed by atoms with Gasteiger partial charge < -0.3 is 0 Å². The second kappa shape index (κ2) is 9.75. The van der Waals surface area contributed by atoms with E-state index >= 15 is 0 Å². The standard InChI is InChI=1S/C26H34N2O3S/c1-19(2)32(30,31)27-26(29)23-10-8-21(9-11-23)18-28-14-12-20(13-15-28)16-24-17-25(24)22-6-4-3-5-7-22/h3-11,19-20,24-25H,12-18H2,1-2H3,(H,27,29)/t24-,25+/m1/s1. The highest BCUT2D eigenvalue weighted by Crippen LogP contribution is 2.51. The highest BCUT2D eigenvalue weighted by molar-refractivity contribution is 7.90. The molecule has 2 aromatic carbocycles. The van der Waals surface area contributed by atoms with Crippen LogP contribution in [0.3, 0.4) is 0 Å². The van der Waals surface area contributed by atoms with Gasteiger partial charge in [0.15, 0.2) is 0 Å². The van der Waals surface area contributed by atoms with Crippen molar-refractivity contribution in [3.8, 4) is 0 Å². The van der Waals surface area contributed by atoms with Crippen molar-refractivity contribution < 1.29 is 13.2 Å². The van der Waals surface area contributed by atoms with Crippen molar-refractivity contribution in [1.29, 1.82) is 0 Å². The van der Waals surface area contributed by atoms with Gasteiger partial charge in [0.05, 0.1) is 5.25 Å². The molecule has 2 aliphatic rings. The predicted octanol–water partition coefficient (Wildman–Crippen LogP) is 4.56. The maximum absolute atomic E-state index is 12.2. The molecule has 0 aromatic heterocycles. The summed E-state index contributed by atoms with van der Waals surface area (Å²) in [5.74, 6) is 1.91. The fourth-order valence-corrected chi connectivity index (χ4v) is 5.36. The average molecular weight is 455 g/mol. The second-order valence-electron chi connectivity index (χ2n) is 9.69. The molecule has 5 nitrogen and oxygen atoms in total. The zero-order valence-corrected chi connectivity index (χ0v) is 19.9. The summed E-state index contributed by atoms with van der Waals surface area (Å²) >= 11 is 0. The first-order chi connectivity index (χ1) is 15.3. The van der Waals surface area contributed by atoms with Gasteiger partial charge in [-0.15, -0.1) is 0 Å². The van der Waals surface area contributed by atoms with Gasteiger partial charge in [-0.25, -0.2) is 13.1 Å². The monoisotopic (exact) mass is 454 g/mol. The van der Waals surface area contributed by atoms with Crippen molar-refractivity contribution in [2.24, 2.45) is 11.8 Å². The van der Waals surface area contributed by atoms with E-state index in [2.05, 4.69) is 40.0 Å². The lowest BCUT2D eigenvalue weighted by atomic mass is 9.90. The quantitative estimate of drug-likeness (QED) is 0.635. The van der Waals surface area contributed by atoms with Gasteiger partial charge in [-0.1, -0.05) is 42.5 Å². The van der Waals surface area contributed by atoms with Crippen LogP contribution in [0.15, 0.2) is 54.6 Å². The SMILES string of the molecule is CC(C)S(=O)(=O)NC(=O)c1ccc(CN2CCC(C[C@@H]3C[C@H]3c3ccccc3)CC2)cc1. The molecule has 2 aromatic rings. The molecule has 6 heteroatoms. The van der Waals surface area contributed by atoms with Gasteiger partial charge >= 0.3 is 0 Å². The first-order valence-corrected chi connectivity index (χ1v) is 13.3. The molecule has 1 saturated carbocycles. The lowest BCUT2D eigenvalue weighted by Gasteiger charge is -2.32. The summed E-state index contributed by atoms with van der Waals surface area (Å²) < 4.78 is 25.9. The number of nitrogens with one attached hydrogen (secondary N) is 1. The van der Waals surface area contributed by atoms with Crippen LogP contribution in [0.5, 0.6) is 0 Å². The van der Waals surface area contributed by atoms with E-state index in [0.29, 0.717) is 5.56 Å². The average Bonchev–Trinajstić information content (AvgIpc) is 3.55. The van der Waals surface area contributed by atoms with Gasteiger partial charge in [0.25, 0.3) is 5.91 Å². The Morgan fingerprint density at radius 1 is 1.03 bits per heavy atom. The molecule has 172 valence electrons. The van der Waals surface area contributed by atoms with Crippen molar-refractivity contribution in [2.45, 2.75) is 57.2 Å². The van der Waals surface area contributed by atoms with Gasteiger partial charge in [0.2, 0.25) is 10.0 Å². The molecular weight excluding hydrogens is 420 g/mol. The fourth-order valence-electron chi connectivity index (χ4n) is 4.75. The number of hydrogen-bond donors (Lipinski definition) is 1. The summed E-state index contributed by atoms with van der Waals surface area (Å²) in [4.78, 5) is 14.7. The molecule has 0 radical (unpaired) electrons. The number of rotatable bonds is 8. The summed E-state index contributed by atoms with van der Waals surface area (Å²) in [5.41, 5.74) is 3.03. The lowest BCUT2D eigenvalue weighted by Crippen LogP contribution is -2.35. The van der Waals surface area contributed by atoms with Crippen LogP contribution in [0.4, 0.5) is 0 Å². The summed E-state index contributed by atoms with van der Waals surface area (Å²) in [5, 5.41) is -0.641. The molecule has 2 fully saturated rings. The van der Waals surface area contributed by atoms with Crippen LogP contribution >= 0.6 is 0 Å². The van der Waals surface area contributed by atoms with Gasteiger partial charge in [-0.2, -0.15) is 0 Å². The molecule has 0 unspecified atom stereocenters. The molecule has 1 amide bonds. The first-order valence-electron chi connectivity index (χ1n) is 11.7. The van der Waals surface area contributed by atoms with Crippen LogP contribution in [-0.4, -0.2) is 37.6 Å². The number of carbonyl (C=O) groups is 1. The van der Waals surface area contributed by atoms with Gasteiger partial charge in [-0.3, -0.25) is 9.69 Å². The minimum absolute atomic E-state index is 0.370. The Kier molecular flexibility index (Phi) is 7.01. The summed E-state index contributed by atoms with van der Waals surface area (Å²) in [6.45, 7) is 6.20. The number of piperidine rings is 1. The number of amides is 1. The van der Waals surface area contributed by atoms with Crippen molar-refractivity contribution in [3.63, 3.8) is 0 Å². The number of nitrogens with zero attached hydrogens (tertiary/aromatic N) is 1. The molecule has 1 aliphatic heterocycles. The third-order valence-electron chi connectivity index (χ3n) is 6.97. The fraction of sp³-hybridized carbons (Fsp3) is 0.500. The maximum Gasteiger partial charge on any atom is 0.264 e. The molecule has 2 atom stereocenters. The minimum atomic E-state index is -3.62. The van der Waals surface area contributed by atoms with Crippen molar-refractivity contribution in [1.82, 2.24) is 9.62 Å². The summed E-state index contributed by atoms with van der Waals surface area (Å²) in [7, 11) is -3.62. The number of sulfonamides is 1. The Morgan fingerprint density at radius 2 is 1.69 bits per heavy atom. The molecular formula is C26H34N2O3S. The maximum atomic E-state index is 12.2. The number of hydrogen-bond acceptors (Lipinski definition) is 4. The Balaban J connectivity index is 1.21. The third-order valence-corrected chi connectivity index (χ3v) is 8.68. The molecule has 4 rings (SSSR count). The van der Waals surface area contributed by atoms with E-state index in [1.54, 1.807) is 26.0 Å². The van der Waals surface area contributed by atoms with Gasteiger partial charge in [0, 0.05) is 12.1 Å². The number of benzene rings is 2. The Bertz CT molecular complexity index is 1010. The van der Waals surface area contributed by atoms with Gasteiger partial charge in [-0.05, 0) is 93.6 Å². The van der Waals surface area contributed by atoms with E-state index in [0.717, 1.165) is 43.0 Å². The largest absolute Gasteiger partial charge is 0.299 e. The van der Waals surface area contributed by atoms with Crippen LogP contribution in [0.1, 0.15) is 66.9 Å². The van der Waals surface area contributed by atoms with Crippen LogP contribution in [0.2, 0.25) is 0 Å². The van der Waals surface area contributed by atoms with Crippen molar-refractivity contribution >= 4 is 15.9 Å². The molecule has 0 bridgehead atoms. The molecule has 1 aliphatic carbocycles. The van der Waals surface area contributed by atoms with Crippen LogP contribution in [0, 0.1) is 11.8 Å². The predicted molar refractivity (Wildman–Crippen MR) is 128 cm³/mol. The second-order valence-corrected chi connectivity index (χ2v) is 11.9. The Labute approximate surface area is 192 Å². The number of carbonyl (C=O) groups excluding carboxylic acids is 1. The van der Waals surface area contributed by atoms with Gasteiger partial charge in [0.1, 0.15) is 0 Å². The first kappa shape index (κ1) is 23.0. The molecule has 0 spiro atoms. The van der Waals surface area contributed by atoms with Crippen LogP contribution < -0.4 is 4.72 Å². The Morgan fingerprint density at radius 3 is 2.31 bits per heavy atom. The molecule has 32 heavy (non-hydrogen) atoms. The Hall–Kier alpha value is -2.18. The zero-order valence-electron chi connectivity index (χ0n) is 19.0. The van der Waals surface area contributed by atoms with E-state index in [-0.39, 0.29) is 0 Å². The van der Waals surface area contributed by atoms with Crippen molar-refractivity contribution in [3.05, 3.63) is 71.3 Å². The normalized spacial score (nSPS) is 22.1. The highest BCUT2D eigenvalue weighted by Gasteiger charge is 2.39. The summed E-state index contributed by atoms with van der Waals surface area (Å²) in [6.07, 6.45) is 5.22. The van der Waals surface area contributed by atoms with Crippen molar-refractivity contribution in [2.75, 3.05) is 13.1 Å².